The average Bonchev–Trinajstić information content (AvgIpc) is 2.30. The summed E-state index contributed by atoms with van der Waals surface area (Å²) in [6, 6.07) is 2.40. The van der Waals surface area contributed by atoms with Crippen molar-refractivity contribution in [3.63, 3.8) is 0 Å². The molecular weight excluding hydrogens is 266 g/mol. The fourth-order valence-corrected chi connectivity index (χ4v) is 6.82. The van der Waals surface area contributed by atoms with Crippen LogP contribution in [0.15, 0.2) is 10.6 Å². The van der Waals surface area contributed by atoms with E-state index in [2.05, 4.69) is 26.8 Å². The van der Waals surface area contributed by atoms with E-state index >= 15 is 0 Å². The summed E-state index contributed by atoms with van der Waals surface area (Å²) >= 11 is 6.83. The molecule has 4 bridgehead atoms. The second kappa shape index (κ2) is 4.51. The lowest BCUT2D eigenvalue weighted by molar-refractivity contribution is -0.126. The highest BCUT2D eigenvalue weighted by atomic mass is 35.5. The Morgan fingerprint density at radius 3 is 2.20 bits per heavy atom. The zero-order valence-corrected chi connectivity index (χ0v) is 13.8. The molecule has 0 heterocycles. The molecule has 0 saturated heterocycles. The minimum atomic E-state index is 0.130. The van der Waals surface area contributed by atoms with Gasteiger partial charge in [-0.15, -0.1) is 0 Å². The van der Waals surface area contributed by atoms with Crippen LogP contribution >= 0.6 is 11.6 Å². The minimum Gasteiger partial charge on any atom is -0.193 e. The van der Waals surface area contributed by atoms with Crippen LogP contribution in [0.5, 0.6) is 0 Å². The van der Waals surface area contributed by atoms with Crippen LogP contribution in [0.25, 0.3) is 0 Å². The molecule has 0 N–H and O–H groups in total. The number of halogens is 1. The smallest absolute Gasteiger partial charge is 0.0959 e. The molecule has 2 atom stereocenters. The van der Waals surface area contributed by atoms with E-state index in [4.69, 9.17) is 11.6 Å². The first-order valence-electron chi connectivity index (χ1n) is 8.13. The van der Waals surface area contributed by atoms with Crippen molar-refractivity contribution in [2.75, 3.05) is 0 Å². The van der Waals surface area contributed by atoms with Crippen LogP contribution in [0.4, 0.5) is 0 Å². The van der Waals surface area contributed by atoms with Gasteiger partial charge in [-0.3, -0.25) is 0 Å². The molecule has 20 heavy (non-hydrogen) atoms. The number of hydrogen-bond acceptors (Lipinski definition) is 1. The second-order valence-corrected chi connectivity index (χ2v) is 8.94. The maximum atomic E-state index is 9.47. The summed E-state index contributed by atoms with van der Waals surface area (Å²) in [7, 11) is 0. The first-order valence-corrected chi connectivity index (χ1v) is 8.51. The summed E-state index contributed by atoms with van der Waals surface area (Å²) < 4.78 is 0. The largest absolute Gasteiger partial charge is 0.193 e. The topological polar surface area (TPSA) is 23.8 Å². The maximum absolute atomic E-state index is 9.47. The van der Waals surface area contributed by atoms with Crippen LogP contribution in [0.3, 0.4) is 0 Å². The lowest BCUT2D eigenvalue weighted by atomic mass is 9.40. The molecule has 1 nitrogen and oxygen atoms in total. The molecule has 4 aliphatic rings. The molecule has 4 fully saturated rings. The van der Waals surface area contributed by atoms with Gasteiger partial charge in [-0.1, -0.05) is 38.8 Å². The summed E-state index contributed by atoms with van der Waals surface area (Å²) in [5, 5.41) is 10.4. The van der Waals surface area contributed by atoms with E-state index in [1.54, 1.807) is 0 Å². The Labute approximate surface area is 128 Å². The van der Waals surface area contributed by atoms with Crippen molar-refractivity contribution in [3.8, 4) is 6.07 Å². The number of nitrogens with zero attached hydrogens (tertiary/aromatic N) is 1. The lowest BCUT2D eigenvalue weighted by Gasteiger charge is -2.65. The number of rotatable bonds is 3. The SMILES string of the molecule is CCCC(C#N)=C(Cl)C12CC3CC(C)(CC(C)(C3)C1)C2. The van der Waals surface area contributed by atoms with Gasteiger partial charge < -0.3 is 0 Å². The Kier molecular flexibility index (Phi) is 3.26. The van der Waals surface area contributed by atoms with Crippen molar-refractivity contribution in [3.05, 3.63) is 10.6 Å². The predicted octanol–water partition coefficient (Wildman–Crippen LogP) is 5.80. The van der Waals surface area contributed by atoms with Gasteiger partial charge in [0.15, 0.2) is 0 Å². The molecular formula is C18H26ClN. The Balaban J connectivity index is 2.03. The molecule has 0 radical (unpaired) electrons. The molecule has 0 aliphatic heterocycles. The van der Waals surface area contributed by atoms with Gasteiger partial charge in [-0.25, -0.2) is 0 Å². The zero-order chi connectivity index (χ0) is 14.6. The van der Waals surface area contributed by atoms with Crippen LogP contribution < -0.4 is 0 Å². The molecule has 0 aromatic heterocycles. The van der Waals surface area contributed by atoms with E-state index in [0.717, 1.165) is 29.4 Å². The van der Waals surface area contributed by atoms with Gasteiger partial charge in [-0.05, 0) is 61.7 Å². The summed E-state index contributed by atoms with van der Waals surface area (Å²) in [4.78, 5) is 0. The quantitative estimate of drug-likeness (QED) is 0.603. The van der Waals surface area contributed by atoms with Crippen LogP contribution in [0, 0.1) is 33.5 Å². The van der Waals surface area contributed by atoms with Crippen molar-refractivity contribution >= 4 is 11.6 Å². The zero-order valence-electron chi connectivity index (χ0n) is 13.1. The number of allylic oxidation sites excluding steroid dienone is 2. The molecule has 0 aromatic rings. The highest BCUT2D eigenvalue weighted by Crippen LogP contribution is 2.72. The van der Waals surface area contributed by atoms with E-state index in [9.17, 15) is 5.26 Å². The molecule has 0 aromatic carbocycles. The summed E-state index contributed by atoms with van der Waals surface area (Å²) in [6.45, 7) is 7.05. The Morgan fingerprint density at radius 1 is 1.15 bits per heavy atom. The minimum absolute atomic E-state index is 0.130. The standard InChI is InChI=1S/C18H26ClN/c1-4-5-14(9-20)15(19)18-8-13-6-16(2,11-18)10-17(3,7-13)12-18/h13H,4-8,10-12H2,1-3H3. The normalized spacial score (nSPS) is 47.0. The van der Waals surface area contributed by atoms with E-state index in [1.807, 2.05) is 0 Å². The van der Waals surface area contributed by atoms with Crippen LogP contribution in [-0.4, -0.2) is 0 Å². The lowest BCUT2D eigenvalue weighted by Crippen LogP contribution is -2.55. The van der Waals surface area contributed by atoms with E-state index in [1.165, 1.54) is 38.5 Å². The Morgan fingerprint density at radius 2 is 1.75 bits per heavy atom. The molecule has 110 valence electrons. The molecule has 2 heteroatoms. The first kappa shape index (κ1) is 14.5. The third-order valence-corrected chi connectivity index (χ3v) is 6.62. The van der Waals surface area contributed by atoms with Crippen molar-refractivity contribution in [2.45, 2.75) is 72.1 Å². The molecule has 0 spiro atoms. The van der Waals surface area contributed by atoms with Gasteiger partial charge in [0.25, 0.3) is 0 Å². The monoisotopic (exact) mass is 291 g/mol. The van der Waals surface area contributed by atoms with Gasteiger partial charge in [0.05, 0.1) is 6.07 Å². The van der Waals surface area contributed by atoms with Crippen molar-refractivity contribution in [1.29, 1.82) is 5.26 Å². The summed E-state index contributed by atoms with van der Waals surface area (Å²) in [6.07, 6.45) is 9.61. The number of hydrogen-bond donors (Lipinski definition) is 0. The highest BCUT2D eigenvalue weighted by molar-refractivity contribution is 6.31. The molecule has 4 aliphatic carbocycles. The van der Waals surface area contributed by atoms with Crippen LogP contribution in [0.2, 0.25) is 0 Å². The average molecular weight is 292 g/mol. The third kappa shape index (κ3) is 2.12. The number of nitriles is 1. The van der Waals surface area contributed by atoms with Crippen LogP contribution in [0.1, 0.15) is 72.1 Å². The Bertz CT molecular complexity index is 480. The Hall–Kier alpha value is -0.480. The van der Waals surface area contributed by atoms with Crippen molar-refractivity contribution < 1.29 is 0 Å². The van der Waals surface area contributed by atoms with Gasteiger partial charge in [0.1, 0.15) is 0 Å². The predicted molar refractivity (Wildman–Crippen MR) is 83.2 cm³/mol. The fraction of sp³-hybridized carbons (Fsp3) is 0.833. The van der Waals surface area contributed by atoms with E-state index in [0.29, 0.717) is 10.8 Å². The maximum Gasteiger partial charge on any atom is 0.0959 e. The fourth-order valence-electron chi connectivity index (χ4n) is 6.48. The van der Waals surface area contributed by atoms with Gasteiger partial charge >= 0.3 is 0 Å². The molecule has 4 rings (SSSR count). The van der Waals surface area contributed by atoms with E-state index in [-0.39, 0.29) is 5.41 Å². The van der Waals surface area contributed by atoms with Gasteiger partial charge in [0.2, 0.25) is 0 Å². The molecule has 0 amide bonds. The van der Waals surface area contributed by atoms with Gasteiger partial charge in [0, 0.05) is 16.0 Å². The highest BCUT2D eigenvalue weighted by Gasteiger charge is 2.61. The first-order chi connectivity index (χ1) is 9.34. The van der Waals surface area contributed by atoms with Gasteiger partial charge in [-0.2, -0.15) is 5.26 Å². The van der Waals surface area contributed by atoms with Crippen molar-refractivity contribution in [2.24, 2.45) is 22.2 Å². The summed E-state index contributed by atoms with van der Waals surface area (Å²) in [5.74, 6) is 0.830. The second-order valence-electron chi connectivity index (χ2n) is 8.56. The third-order valence-electron chi connectivity index (χ3n) is 5.99. The van der Waals surface area contributed by atoms with Crippen molar-refractivity contribution in [1.82, 2.24) is 0 Å². The van der Waals surface area contributed by atoms with E-state index < -0.39 is 0 Å². The van der Waals surface area contributed by atoms with Crippen LogP contribution in [-0.2, 0) is 0 Å². The molecule has 2 unspecified atom stereocenters. The molecule has 4 saturated carbocycles. The summed E-state index contributed by atoms with van der Waals surface area (Å²) in [5.41, 5.74) is 1.91.